The van der Waals surface area contributed by atoms with Gasteiger partial charge in [0.1, 0.15) is 0 Å². The summed E-state index contributed by atoms with van der Waals surface area (Å²) in [6.07, 6.45) is 0. The summed E-state index contributed by atoms with van der Waals surface area (Å²) in [7, 11) is 4.11. The third kappa shape index (κ3) is 3.67. The number of benzene rings is 1. The second kappa shape index (κ2) is 5.67. The van der Waals surface area contributed by atoms with Crippen molar-refractivity contribution in [1.29, 1.82) is 0 Å². The standard InChI is InChI=1S/C10H14ClN3O2/c1-13(2)6-5-12-10-4-3-8(14(15)16)7-9(10)11/h3-4,7,12H,5-6H2,1-2H3/p+1. The van der Waals surface area contributed by atoms with E-state index in [1.54, 1.807) is 6.07 Å². The molecule has 0 spiro atoms. The Bertz CT molecular complexity index is 382. The lowest BCUT2D eigenvalue weighted by Gasteiger charge is -2.10. The van der Waals surface area contributed by atoms with Crippen LogP contribution in [0.15, 0.2) is 18.2 Å². The van der Waals surface area contributed by atoms with Crippen LogP contribution in [0.4, 0.5) is 11.4 Å². The van der Waals surface area contributed by atoms with Crippen molar-refractivity contribution in [2.24, 2.45) is 0 Å². The van der Waals surface area contributed by atoms with Crippen LogP contribution in [0.25, 0.3) is 0 Å². The van der Waals surface area contributed by atoms with Crippen LogP contribution in [0.5, 0.6) is 0 Å². The van der Waals surface area contributed by atoms with Crippen LogP contribution >= 0.6 is 11.6 Å². The van der Waals surface area contributed by atoms with Crippen LogP contribution in [0.1, 0.15) is 0 Å². The summed E-state index contributed by atoms with van der Waals surface area (Å²) >= 11 is 5.92. The minimum atomic E-state index is -0.459. The van der Waals surface area contributed by atoms with Crippen molar-refractivity contribution in [2.45, 2.75) is 0 Å². The summed E-state index contributed by atoms with van der Waals surface area (Å²) in [5, 5.41) is 14.0. The molecule has 0 radical (unpaired) electrons. The summed E-state index contributed by atoms with van der Waals surface area (Å²) in [6.45, 7) is 1.73. The van der Waals surface area contributed by atoms with Crippen molar-refractivity contribution < 1.29 is 9.82 Å². The molecule has 6 heteroatoms. The number of hydrogen-bond acceptors (Lipinski definition) is 3. The van der Waals surface area contributed by atoms with Gasteiger partial charge in [-0.15, -0.1) is 0 Å². The molecular formula is C10H15ClN3O2+. The molecule has 16 heavy (non-hydrogen) atoms. The second-order valence-electron chi connectivity index (χ2n) is 3.81. The molecular weight excluding hydrogens is 230 g/mol. The fraction of sp³-hybridized carbons (Fsp3) is 0.400. The predicted octanol–water partition coefficient (Wildman–Crippen LogP) is 0.805. The summed E-state index contributed by atoms with van der Waals surface area (Å²) in [4.78, 5) is 11.4. The van der Waals surface area contributed by atoms with Gasteiger partial charge in [0.05, 0.1) is 42.8 Å². The summed E-state index contributed by atoms with van der Waals surface area (Å²) < 4.78 is 0. The fourth-order valence-corrected chi connectivity index (χ4v) is 1.45. The van der Waals surface area contributed by atoms with E-state index < -0.39 is 4.92 Å². The zero-order chi connectivity index (χ0) is 12.1. The molecule has 0 aliphatic heterocycles. The molecule has 1 aromatic carbocycles. The highest BCUT2D eigenvalue weighted by atomic mass is 35.5. The maximum Gasteiger partial charge on any atom is 0.271 e. The van der Waals surface area contributed by atoms with Gasteiger partial charge in [-0.3, -0.25) is 10.1 Å². The van der Waals surface area contributed by atoms with E-state index in [2.05, 4.69) is 19.4 Å². The maximum absolute atomic E-state index is 10.5. The third-order valence-corrected chi connectivity index (χ3v) is 2.42. The number of nitrogens with one attached hydrogen (secondary N) is 2. The highest BCUT2D eigenvalue weighted by molar-refractivity contribution is 6.33. The lowest BCUT2D eigenvalue weighted by atomic mass is 10.3. The number of rotatable bonds is 5. The Morgan fingerprint density at radius 3 is 2.69 bits per heavy atom. The summed E-state index contributed by atoms with van der Waals surface area (Å²) in [5.41, 5.74) is 0.738. The van der Waals surface area contributed by atoms with Gasteiger partial charge in [0.2, 0.25) is 0 Å². The minimum absolute atomic E-state index is 0.00813. The highest BCUT2D eigenvalue weighted by Gasteiger charge is 2.08. The van der Waals surface area contributed by atoms with E-state index in [0.29, 0.717) is 5.02 Å². The zero-order valence-corrected chi connectivity index (χ0v) is 10.0. The molecule has 5 nitrogen and oxygen atoms in total. The number of nitrogens with zero attached hydrogens (tertiary/aromatic N) is 1. The summed E-state index contributed by atoms with van der Waals surface area (Å²) in [6, 6.07) is 4.43. The van der Waals surface area contributed by atoms with Gasteiger partial charge in [0.15, 0.2) is 0 Å². The second-order valence-corrected chi connectivity index (χ2v) is 4.21. The van der Waals surface area contributed by atoms with E-state index in [0.717, 1.165) is 18.8 Å². The number of anilines is 1. The van der Waals surface area contributed by atoms with Gasteiger partial charge < -0.3 is 10.2 Å². The van der Waals surface area contributed by atoms with Gasteiger partial charge in [-0.1, -0.05) is 11.6 Å². The Balaban J connectivity index is 2.64. The van der Waals surface area contributed by atoms with Crippen molar-refractivity contribution in [3.8, 4) is 0 Å². The van der Waals surface area contributed by atoms with Crippen LogP contribution in [-0.2, 0) is 0 Å². The molecule has 0 aromatic heterocycles. The van der Waals surface area contributed by atoms with Gasteiger partial charge in [-0.2, -0.15) is 0 Å². The molecule has 0 saturated heterocycles. The van der Waals surface area contributed by atoms with E-state index in [1.807, 2.05) is 0 Å². The topological polar surface area (TPSA) is 59.6 Å². The molecule has 1 rings (SSSR count). The first-order valence-electron chi connectivity index (χ1n) is 4.97. The monoisotopic (exact) mass is 244 g/mol. The Hall–Kier alpha value is -1.33. The molecule has 0 heterocycles. The molecule has 1 aromatic rings. The molecule has 0 amide bonds. The third-order valence-electron chi connectivity index (χ3n) is 2.10. The molecule has 0 aliphatic carbocycles. The van der Waals surface area contributed by atoms with E-state index in [1.165, 1.54) is 17.0 Å². The molecule has 0 saturated carbocycles. The lowest BCUT2D eigenvalue weighted by molar-refractivity contribution is -0.856. The smallest absolute Gasteiger partial charge is 0.271 e. The van der Waals surface area contributed by atoms with Gasteiger partial charge in [0, 0.05) is 12.1 Å². The first-order chi connectivity index (χ1) is 7.50. The van der Waals surface area contributed by atoms with Crippen LogP contribution in [0.3, 0.4) is 0 Å². The Kier molecular flexibility index (Phi) is 4.52. The van der Waals surface area contributed by atoms with Gasteiger partial charge in [-0.25, -0.2) is 0 Å². The Labute approximate surface area is 99.2 Å². The van der Waals surface area contributed by atoms with E-state index in [4.69, 9.17) is 11.6 Å². The van der Waals surface area contributed by atoms with E-state index in [-0.39, 0.29) is 5.69 Å². The van der Waals surface area contributed by atoms with Crippen molar-refractivity contribution in [3.63, 3.8) is 0 Å². The van der Waals surface area contributed by atoms with Crippen LogP contribution in [0, 0.1) is 10.1 Å². The number of quaternary nitrogens is 1. The molecule has 2 N–H and O–H groups in total. The first-order valence-corrected chi connectivity index (χ1v) is 5.35. The van der Waals surface area contributed by atoms with Crippen molar-refractivity contribution in [1.82, 2.24) is 0 Å². The lowest BCUT2D eigenvalue weighted by Crippen LogP contribution is -3.06. The van der Waals surface area contributed by atoms with Gasteiger partial charge in [-0.05, 0) is 6.07 Å². The minimum Gasteiger partial charge on any atom is -0.378 e. The number of hydrogen-bond donors (Lipinski definition) is 2. The quantitative estimate of drug-likeness (QED) is 0.595. The van der Waals surface area contributed by atoms with Crippen LogP contribution < -0.4 is 10.2 Å². The average molecular weight is 245 g/mol. The first kappa shape index (κ1) is 12.7. The molecule has 0 fully saturated rings. The number of likely N-dealkylation sites (N-methyl/N-ethyl adjacent to an activating group) is 1. The van der Waals surface area contributed by atoms with E-state index in [9.17, 15) is 10.1 Å². The van der Waals surface area contributed by atoms with Crippen LogP contribution in [0.2, 0.25) is 5.02 Å². The predicted molar refractivity (Wildman–Crippen MR) is 64.3 cm³/mol. The molecule has 0 atom stereocenters. The van der Waals surface area contributed by atoms with Crippen molar-refractivity contribution >= 4 is 23.0 Å². The Morgan fingerprint density at radius 2 is 2.19 bits per heavy atom. The molecule has 0 bridgehead atoms. The zero-order valence-electron chi connectivity index (χ0n) is 9.29. The number of non-ortho nitro benzene ring substituents is 1. The Morgan fingerprint density at radius 1 is 1.50 bits per heavy atom. The highest BCUT2D eigenvalue weighted by Crippen LogP contribution is 2.26. The molecule has 0 aliphatic rings. The maximum atomic E-state index is 10.5. The normalized spacial score (nSPS) is 10.5. The van der Waals surface area contributed by atoms with E-state index >= 15 is 0 Å². The SMILES string of the molecule is C[NH+](C)CCNc1ccc([N+](=O)[O-])cc1Cl. The average Bonchev–Trinajstić information content (AvgIpc) is 2.19. The molecule has 0 unspecified atom stereocenters. The summed E-state index contributed by atoms with van der Waals surface area (Å²) in [5.74, 6) is 0. The number of nitro groups is 1. The van der Waals surface area contributed by atoms with Crippen molar-refractivity contribution in [2.75, 3.05) is 32.5 Å². The van der Waals surface area contributed by atoms with Gasteiger partial charge in [0.25, 0.3) is 5.69 Å². The molecule has 88 valence electrons. The number of halogens is 1. The largest absolute Gasteiger partial charge is 0.378 e. The van der Waals surface area contributed by atoms with Crippen molar-refractivity contribution in [3.05, 3.63) is 33.3 Å². The van der Waals surface area contributed by atoms with Crippen LogP contribution in [-0.4, -0.2) is 32.1 Å². The number of nitro benzene ring substituents is 1. The fourth-order valence-electron chi connectivity index (χ4n) is 1.21. The van der Waals surface area contributed by atoms with Gasteiger partial charge >= 0.3 is 0 Å².